The van der Waals surface area contributed by atoms with Gasteiger partial charge in [0.15, 0.2) is 0 Å². The molecule has 168 valence electrons. The number of nitrogens with zero attached hydrogens (tertiary/aromatic N) is 3. The highest BCUT2D eigenvalue weighted by molar-refractivity contribution is 6.42. The van der Waals surface area contributed by atoms with Crippen LogP contribution in [-0.2, 0) is 4.74 Å². The Hall–Kier alpha value is -1.50. The van der Waals surface area contributed by atoms with E-state index in [2.05, 4.69) is 32.9 Å². The Labute approximate surface area is 195 Å². The molecule has 2 heterocycles. The van der Waals surface area contributed by atoms with Crippen molar-refractivity contribution < 1.29 is 9.47 Å². The van der Waals surface area contributed by atoms with Gasteiger partial charge in [0.2, 0.25) is 0 Å². The quantitative estimate of drug-likeness (QED) is 0.598. The molecule has 2 aliphatic heterocycles. The molecule has 31 heavy (non-hydrogen) atoms. The predicted molar refractivity (Wildman–Crippen MR) is 128 cm³/mol. The van der Waals surface area contributed by atoms with Crippen molar-refractivity contribution in [1.29, 1.82) is 0 Å². The Bertz CT molecular complexity index is 852. The van der Waals surface area contributed by atoms with Crippen LogP contribution in [0.2, 0.25) is 10.0 Å². The molecule has 4 rings (SSSR count). The highest BCUT2D eigenvalue weighted by Crippen LogP contribution is 2.32. The van der Waals surface area contributed by atoms with Gasteiger partial charge in [-0.1, -0.05) is 41.4 Å². The minimum Gasteiger partial charge on any atom is -0.495 e. The van der Waals surface area contributed by atoms with Crippen LogP contribution in [0.1, 0.15) is 18.0 Å². The lowest BCUT2D eigenvalue weighted by molar-refractivity contribution is 0.0120. The third-order valence-electron chi connectivity index (χ3n) is 6.33. The van der Waals surface area contributed by atoms with E-state index in [1.807, 2.05) is 24.3 Å². The van der Waals surface area contributed by atoms with Crippen LogP contribution in [0.5, 0.6) is 5.75 Å². The Morgan fingerprint density at radius 1 is 0.935 bits per heavy atom. The number of benzene rings is 2. The molecule has 0 radical (unpaired) electrons. The second-order valence-electron chi connectivity index (χ2n) is 8.13. The van der Waals surface area contributed by atoms with Gasteiger partial charge in [0.1, 0.15) is 5.75 Å². The van der Waals surface area contributed by atoms with Crippen LogP contribution in [0, 0.1) is 0 Å². The first-order valence-electron chi connectivity index (χ1n) is 11.0. The van der Waals surface area contributed by atoms with Crippen LogP contribution in [0.15, 0.2) is 42.5 Å². The monoisotopic (exact) mass is 463 g/mol. The summed E-state index contributed by atoms with van der Waals surface area (Å²) < 4.78 is 11.1. The van der Waals surface area contributed by atoms with Gasteiger partial charge < -0.3 is 14.4 Å². The van der Waals surface area contributed by atoms with E-state index in [-0.39, 0.29) is 0 Å². The average molecular weight is 464 g/mol. The smallest absolute Gasteiger partial charge is 0.142 e. The van der Waals surface area contributed by atoms with Gasteiger partial charge in [-0.3, -0.25) is 9.80 Å². The molecule has 0 spiro atoms. The van der Waals surface area contributed by atoms with Gasteiger partial charge in [0.25, 0.3) is 0 Å². The zero-order chi connectivity index (χ0) is 21.6. The molecule has 0 bridgehead atoms. The first kappa shape index (κ1) is 22.7. The normalized spacial score (nSPS) is 19.4. The van der Waals surface area contributed by atoms with E-state index in [0.29, 0.717) is 16.1 Å². The number of para-hydroxylation sites is 2. The van der Waals surface area contributed by atoms with Crippen LogP contribution in [-0.4, -0.2) is 75.9 Å². The van der Waals surface area contributed by atoms with Crippen molar-refractivity contribution in [2.24, 2.45) is 0 Å². The Morgan fingerprint density at radius 3 is 2.39 bits per heavy atom. The second-order valence-corrected chi connectivity index (χ2v) is 8.94. The van der Waals surface area contributed by atoms with E-state index >= 15 is 0 Å². The highest BCUT2D eigenvalue weighted by Gasteiger charge is 2.25. The third-order valence-corrected chi connectivity index (χ3v) is 7.07. The molecule has 0 saturated carbocycles. The number of hydrogen-bond acceptors (Lipinski definition) is 5. The molecule has 2 fully saturated rings. The zero-order valence-electron chi connectivity index (χ0n) is 18.1. The van der Waals surface area contributed by atoms with E-state index in [4.69, 9.17) is 32.7 Å². The lowest BCUT2D eigenvalue weighted by Crippen LogP contribution is -2.47. The molecule has 2 saturated heterocycles. The summed E-state index contributed by atoms with van der Waals surface area (Å²) in [4.78, 5) is 7.51. The maximum atomic E-state index is 6.34. The molecule has 0 aromatic heterocycles. The van der Waals surface area contributed by atoms with Gasteiger partial charge in [-0.2, -0.15) is 0 Å². The molecule has 0 amide bonds. The molecule has 7 heteroatoms. The van der Waals surface area contributed by atoms with E-state index in [1.165, 1.54) is 11.3 Å². The summed E-state index contributed by atoms with van der Waals surface area (Å²) in [6, 6.07) is 14.7. The van der Waals surface area contributed by atoms with Gasteiger partial charge in [-0.15, -0.1) is 0 Å². The van der Waals surface area contributed by atoms with Gasteiger partial charge in [0.05, 0.1) is 36.1 Å². The number of halogens is 2. The van der Waals surface area contributed by atoms with Crippen molar-refractivity contribution in [1.82, 2.24) is 9.80 Å². The van der Waals surface area contributed by atoms with Crippen molar-refractivity contribution in [3.8, 4) is 5.75 Å². The molecule has 5 nitrogen and oxygen atoms in total. The van der Waals surface area contributed by atoms with Crippen molar-refractivity contribution in [3.05, 3.63) is 58.1 Å². The number of morpholine rings is 1. The van der Waals surface area contributed by atoms with Gasteiger partial charge >= 0.3 is 0 Å². The standard InChI is InChI=1S/C24H31Cl2N3O2/c1-30-24-5-3-2-4-23(24)28-12-10-27(11-13-28)9-8-22(29-14-16-31-17-15-29)19-6-7-20(25)21(26)18-19/h2-7,18,22H,8-17H2,1H3. The molecule has 0 aliphatic carbocycles. The molecular weight excluding hydrogens is 433 g/mol. The van der Waals surface area contributed by atoms with Crippen LogP contribution in [0.3, 0.4) is 0 Å². The lowest BCUT2D eigenvalue weighted by Gasteiger charge is -2.39. The van der Waals surface area contributed by atoms with Crippen LogP contribution in [0.4, 0.5) is 5.69 Å². The maximum absolute atomic E-state index is 6.34. The number of rotatable bonds is 7. The summed E-state index contributed by atoms with van der Waals surface area (Å²) in [6.07, 6.45) is 1.06. The summed E-state index contributed by atoms with van der Waals surface area (Å²) in [5, 5.41) is 1.24. The number of piperazine rings is 1. The summed E-state index contributed by atoms with van der Waals surface area (Å²) in [5.41, 5.74) is 2.43. The van der Waals surface area contributed by atoms with Crippen molar-refractivity contribution >= 4 is 28.9 Å². The van der Waals surface area contributed by atoms with Gasteiger partial charge in [0, 0.05) is 51.9 Å². The topological polar surface area (TPSA) is 28.2 Å². The Kier molecular flexibility index (Phi) is 7.96. The molecule has 2 aliphatic rings. The average Bonchev–Trinajstić information content (AvgIpc) is 2.82. The van der Waals surface area contributed by atoms with E-state index in [0.717, 1.165) is 71.2 Å². The van der Waals surface area contributed by atoms with E-state index < -0.39 is 0 Å². The molecule has 2 aromatic rings. The molecule has 1 unspecified atom stereocenters. The summed E-state index contributed by atoms with van der Waals surface area (Å²) >= 11 is 12.5. The fourth-order valence-corrected chi connectivity index (χ4v) is 4.88. The third kappa shape index (κ3) is 5.65. The largest absolute Gasteiger partial charge is 0.495 e. The molecular formula is C24H31Cl2N3O2. The van der Waals surface area contributed by atoms with Crippen LogP contribution >= 0.6 is 23.2 Å². The van der Waals surface area contributed by atoms with Gasteiger partial charge in [-0.25, -0.2) is 0 Å². The minimum atomic E-state index is 0.325. The maximum Gasteiger partial charge on any atom is 0.142 e. The number of methoxy groups -OCH3 is 1. The van der Waals surface area contributed by atoms with E-state index in [9.17, 15) is 0 Å². The van der Waals surface area contributed by atoms with Crippen molar-refractivity contribution in [2.45, 2.75) is 12.5 Å². The lowest BCUT2D eigenvalue weighted by atomic mass is 10.0. The summed E-state index contributed by atoms with van der Waals surface area (Å²) in [6.45, 7) is 8.65. The van der Waals surface area contributed by atoms with E-state index in [1.54, 1.807) is 7.11 Å². The SMILES string of the molecule is COc1ccccc1N1CCN(CCC(c2ccc(Cl)c(Cl)c2)N2CCOCC2)CC1. The second kappa shape index (κ2) is 10.9. The highest BCUT2D eigenvalue weighted by atomic mass is 35.5. The van der Waals surface area contributed by atoms with Crippen LogP contribution in [0.25, 0.3) is 0 Å². The Balaban J connectivity index is 1.38. The zero-order valence-corrected chi connectivity index (χ0v) is 19.6. The fourth-order valence-electron chi connectivity index (χ4n) is 4.58. The first-order valence-corrected chi connectivity index (χ1v) is 11.8. The number of hydrogen-bond donors (Lipinski definition) is 0. The van der Waals surface area contributed by atoms with Crippen molar-refractivity contribution in [3.63, 3.8) is 0 Å². The van der Waals surface area contributed by atoms with Gasteiger partial charge in [-0.05, 0) is 36.2 Å². The summed E-state index contributed by atoms with van der Waals surface area (Å²) in [5.74, 6) is 0.947. The van der Waals surface area contributed by atoms with Crippen LogP contribution < -0.4 is 9.64 Å². The predicted octanol–water partition coefficient (Wildman–Crippen LogP) is 4.59. The molecule has 2 aromatic carbocycles. The Morgan fingerprint density at radius 2 is 1.68 bits per heavy atom. The number of anilines is 1. The fraction of sp³-hybridized carbons (Fsp3) is 0.500. The molecule has 1 atom stereocenters. The summed E-state index contributed by atoms with van der Waals surface area (Å²) in [7, 11) is 1.74. The number of ether oxygens (including phenoxy) is 2. The van der Waals surface area contributed by atoms with Crippen molar-refractivity contribution in [2.75, 3.05) is 71.0 Å². The first-order chi connectivity index (χ1) is 15.2. The minimum absolute atomic E-state index is 0.325. The molecule has 0 N–H and O–H groups in total.